The molecule has 2 heterocycles. The van der Waals surface area contributed by atoms with Crippen LogP contribution in [0.25, 0.3) is 11.1 Å². The van der Waals surface area contributed by atoms with E-state index in [1.807, 2.05) is 0 Å². The number of ether oxygens (including phenoxy) is 3. The van der Waals surface area contributed by atoms with Crippen LogP contribution in [0.3, 0.4) is 0 Å². The van der Waals surface area contributed by atoms with Gasteiger partial charge in [-0.3, -0.25) is 0 Å². The predicted octanol–water partition coefficient (Wildman–Crippen LogP) is 2.90. The van der Waals surface area contributed by atoms with Crippen LogP contribution in [-0.2, 0) is 15.9 Å². The van der Waals surface area contributed by atoms with Gasteiger partial charge in [0.05, 0.1) is 13.2 Å². The van der Waals surface area contributed by atoms with E-state index in [1.54, 1.807) is 32.2 Å². The summed E-state index contributed by atoms with van der Waals surface area (Å²) in [6.07, 6.45) is 1.25. The number of nitrogens with zero attached hydrogens (tertiary/aromatic N) is 1. The normalized spacial score (nSPS) is 15.9. The topological polar surface area (TPSA) is 57.7 Å². The first kappa shape index (κ1) is 18.7. The van der Waals surface area contributed by atoms with Gasteiger partial charge in [-0.15, -0.1) is 9.24 Å². The van der Waals surface area contributed by atoms with E-state index >= 15 is 0 Å². The molecule has 2 atom stereocenters. The number of methoxy groups -OCH3 is 1. The molecule has 2 aromatic rings. The minimum absolute atomic E-state index is 0.105. The highest BCUT2D eigenvalue weighted by Crippen LogP contribution is 2.36. The fraction of sp³-hybridized carbons (Fsp3) is 0.368. The van der Waals surface area contributed by atoms with Crippen molar-refractivity contribution >= 4 is 20.5 Å². The van der Waals surface area contributed by atoms with Gasteiger partial charge in [-0.05, 0) is 42.8 Å². The molecule has 5 nitrogen and oxygen atoms in total. The molecule has 1 aromatic heterocycles. The molecule has 7 heteroatoms. The van der Waals surface area contributed by atoms with E-state index in [-0.39, 0.29) is 24.2 Å². The lowest BCUT2D eigenvalue weighted by atomic mass is 9.94. The van der Waals surface area contributed by atoms with Crippen molar-refractivity contribution in [3.05, 3.63) is 41.3 Å². The van der Waals surface area contributed by atoms with Crippen LogP contribution in [0.4, 0.5) is 4.39 Å². The predicted molar refractivity (Wildman–Crippen MR) is 99.5 cm³/mol. The van der Waals surface area contributed by atoms with Gasteiger partial charge in [0, 0.05) is 18.2 Å². The van der Waals surface area contributed by atoms with Crippen LogP contribution in [0.5, 0.6) is 5.88 Å². The third-order valence-corrected chi connectivity index (χ3v) is 4.56. The van der Waals surface area contributed by atoms with Gasteiger partial charge in [0.25, 0.3) is 0 Å². The Morgan fingerprint density at radius 2 is 2.19 bits per heavy atom. The fourth-order valence-corrected chi connectivity index (χ4v) is 3.25. The Morgan fingerprint density at radius 1 is 1.38 bits per heavy atom. The van der Waals surface area contributed by atoms with E-state index in [2.05, 4.69) is 14.2 Å². The standard InChI is InChI=1S/C19H21FNO4P/c1-3-24-19(22)17-9-15(13-7-5-12(26)8-16(13)20)14-6-4-11(10-23-2)25-18(14)21-17/h5,7-9,11H,3-4,6,10,26H2,1-2H3. The van der Waals surface area contributed by atoms with Crippen molar-refractivity contribution in [1.82, 2.24) is 4.98 Å². The minimum atomic E-state index is -0.558. The molecule has 0 saturated carbocycles. The van der Waals surface area contributed by atoms with Crippen molar-refractivity contribution in [2.45, 2.75) is 25.9 Å². The van der Waals surface area contributed by atoms with Gasteiger partial charge < -0.3 is 14.2 Å². The molecule has 0 radical (unpaired) electrons. The summed E-state index contributed by atoms with van der Waals surface area (Å²) in [5, 5.41) is 0.746. The Balaban J connectivity index is 2.11. The first-order valence-electron chi connectivity index (χ1n) is 8.45. The van der Waals surface area contributed by atoms with E-state index < -0.39 is 5.97 Å². The minimum Gasteiger partial charge on any atom is -0.472 e. The average Bonchev–Trinajstić information content (AvgIpc) is 2.61. The average molecular weight is 377 g/mol. The fourth-order valence-electron chi connectivity index (χ4n) is 3.01. The van der Waals surface area contributed by atoms with Crippen LogP contribution in [0, 0.1) is 5.82 Å². The number of hydrogen-bond donors (Lipinski definition) is 0. The van der Waals surface area contributed by atoms with Crippen LogP contribution < -0.4 is 10.0 Å². The maximum absolute atomic E-state index is 14.6. The monoisotopic (exact) mass is 377 g/mol. The maximum atomic E-state index is 14.6. The van der Waals surface area contributed by atoms with Gasteiger partial charge in [-0.25, -0.2) is 14.2 Å². The molecule has 2 unspecified atom stereocenters. The summed E-state index contributed by atoms with van der Waals surface area (Å²) in [7, 11) is 4.07. The van der Waals surface area contributed by atoms with E-state index in [1.165, 1.54) is 6.07 Å². The quantitative estimate of drug-likeness (QED) is 0.592. The van der Waals surface area contributed by atoms with Gasteiger partial charge >= 0.3 is 5.97 Å². The van der Waals surface area contributed by atoms with Crippen LogP contribution >= 0.6 is 9.24 Å². The zero-order valence-electron chi connectivity index (χ0n) is 14.8. The van der Waals surface area contributed by atoms with Crippen molar-refractivity contribution < 1.29 is 23.4 Å². The van der Waals surface area contributed by atoms with Gasteiger partial charge in [0.2, 0.25) is 5.88 Å². The van der Waals surface area contributed by atoms with Crippen molar-refractivity contribution in [1.29, 1.82) is 0 Å². The number of rotatable bonds is 5. The Kier molecular flexibility index (Phi) is 5.84. The van der Waals surface area contributed by atoms with Crippen molar-refractivity contribution in [3.63, 3.8) is 0 Å². The molecule has 1 aliphatic rings. The van der Waals surface area contributed by atoms with E-state index in [4.69, 9.17) is 14.2 Å². The highest BCUT2D eigenvalue weighted by atomic mass is 31.0. The molecule has 0 amide bonds. The summed E-state index contributed by atoms with van der Waals surface area (Å²) in [6.45, 7) is 2.38. The van der Waals surface area contributed by atoms with Crippen LogP contribution in [0.1, 0.15) is 29.4 Å². The van der Waals surface area contributed by atoms with E-state index in [0.29, 0.717) is 30.0 Å². The first-order valence-corrected chi connectivity index (χ1v) is 9.03. The Bertz CT molecular complexity index is 827. The maximum Gasteiger partial charge on any atom is 0.357 e. The molecule has 138 valence electrons. The molecule has 0 fully saturated rings. The smallest absolute Gasteiger partial charge is 0.357 e. The number of hydrogen-bond acceptors (Lipinski definition) is 5. The highest BCUT2D eigenvalue weighted by molar-refractivity contribution is 7.27. The molecule has 0 saturated heterocycles. The molecular weight excluding hydrogens is 356 g/mol. The largest absolute Gasteiger partial charge is 0.472 e. The first-order chi connectivity index (χ1) is 12.5. The van der Waals surface area contributed by atoms with Gasteiger partial charge in [0.15, 0.2) is 5.69 Å². The SMILES string of the molecule is CCOC(=O)c1cc(-c2ccc(P)cc2F)c2c(n1)OC(COC)CC2. The second-order valence-corrected chi connectivity index (χ2v) is 6.70. The number of halogens is 1. The second kappa shape index (κ2) is 8.11. The van der Waals surface area contributed by atoms with E-state index in [0.717, 1.165) is 17.3 Å². The second-order valence-electron chi connectivity index (χ2n) is 6.03. The molecule has 3 rings (SSSR count). The zero-order valence-corrected chi connectivity index (χ0v) is 15.9. The Hall–Kier alpha value is -2.04. The number of fused-ring (bicyclic) bond motifs is 1. The number of benzene rings is 1. The van der Waals surface area contributed by atoms with Gasteiger partial charge in [-0.1, -0.05) is 12.1 Å². The lowest BCUT2D eigenvalue weighted by Gasteiger charge is -2.27. The highest BCUT2D eigenvalue weighted by Gasteiger charge is 2.27. The number of esters is 1. The summed E-state index contributed by atoms with van der Waals surface area (Å²) in [6, 6.07) is 6.52. The summed E-state index contributed by atoms with van der Waals surface area (Å²) < 4.78 is 30.7. The van der Waals surface area contributed by atoms with Gasteiger partial charge in [0.1, 0.15) is 11.9 Å². The lowest BCUT2D eigenvalue weighted by molar-refractivity contribution is 0.0506. The van der Waals surface area contributed by atoms with E-state index in [9.17, 15) is 9.18 Å². The molecular formula is C19H21FNO4P. The third-order valence-electron chi connectivity index (χ3n) is 4.20. The number of carbonyl (C=O) groups is 1. The third kappa shape index (κ3) is 3.87. The Morgan fingerprint density at radius 3 is 2.88 bits per heavy atom. The van der Waals surface area contributed by atoms with Crippen molar-refractivity contribution in [2.75, 3.05) is 20.3 Å². The lowest BCUT2D eigenvalue weighted by Crippen LogP contribution is -2.28. The summed E-state index contributed by atoms with van der Waals surface area (Å²) in [5.74, 6) is -0.579. The molecule has 0 aliphatic carbocycles. The summed E-state index contributed by atoms with van der Waals surface area (Å²) in [4.78, 5) is 16.5. The van der Waals surface area contributed by atoms with Crippen molar-refractivity contribution in [3.8, 4) is 17.0 Å². The number of aromatic nitrogens is 1. The molecule has 26 heavy (non-hydrogen) atoms. The van der Waals surface area contributed by atoms with Crippen LogP contribution in [0.15, 0.2) is 24.3 Å². The summed E-state index contributed by atoms with van der Waals surface area (Å²) >= 11 is 0. The Labute approximate surface area is 154 Å². The van der Waals surface area contributed by atoms with Gasteiger partial charge in [-0.2, -0.15) is 0 Å². The zero-order chi connectivity index (χ0) is 18.7. The number of carbonyl (C=O) groups excluding carboxylic acids is 1. The van der Waals surface area contributed by atoms with Crippen LogP contribution in [-0.4, -0.2) is 37.4 Å². The number of pyridine rings is 1. The van der Waals surface area contributed by atoms with Crippen LogP contribution in [0.2, 0.25) is 0 Å². The summed E-state index contributed by atoms with van der Waals surface area (Å²) in [5.41, 5.74) is 1.92. The van der Waals surface area contributed by atoms with Crippen molar-refractivity contribution in [2.24, 2.45) is 0 Å². The molecule has 1 aromatic carbocycles. The molecule has 0 N–H and O–H groups in total. The molecule has 0 spiro atoms. The molecule has 0 bridgehead atoms. The molecule has 1 aliphatic heterocycles.